The third-order valence-corrected chi connectivity index (χ3v) is 5.86. The molecule has 0 bridgehead atoms. The fraction of sp³-hybridized carbons (Fsp3) is 0.348. The molecule has 2 saturated heterocycles. The van der Waals surface area contributed by atoms with Gasteiger partial charge >= 0.3 is 6.18 Å². The van der Waals surface area contributed by atoms with Gasteiger partial charge in [0.1, 0.15) is 0 Å². The highest BCUT2D eigenvalue weighted by molar-refractivity contribution is 6.00. The molecule has 9 heteroatoms. The van der Waals surface area contributed by atoms with Gasteiger partial charge in [-0.2, -0.15) is 13.2 Å². The van der Waals surface area contributed by atoms with E-state index in [4.69, 9.17) is 0 Å². The third-order valence-electron chi connectivity index (χ3n) is 5.86. The van der Waals surface area contributed by atoms with Gasteiger partial charge in [-0.3, -0.25) is 14.4 Å². The van der Waals surface area contributed by atoms with Crippen LogP contribution in [0.25, 0.3) is 0 Å². The number of rotatable bonds is 3. The summed E-state index contributed by atoms with van der Waals surface area (Å²) in [4.78, 5) is 42.5. The lowest BCUT2D eigenvalue weighted by atomic mass is 10.1. The average Bonchev–Trinajstić information content (AvgIpc) is 3.20. The van der Waals surface area contributed by atoms with Crippen molar-refractivity contribution < 1.29 is 27.6 Å². The zero-order valence-electron chi connectivity index (χ0n) is 17.2. The van der Waals surface area contributed by atoms with Crippen LogP contribution in [-0.4, -0.2) is 60.2 Å². The Balaban J connectivity index is 1.37. The molecule has 0 aromatic heterocycles. The van der Waals surface area contributed by atoms with E-state index in [1.807, 2.05) is 6.07 Å². The number of hydrogen-bond acceptors (Lipinski definition) is 3. The maximum Gasteiger partial charge on any atom is 0.416 e. The molecular formula is C23H22F3N3O3. The first-order valence-corrected chi connectivity index (χ1v) is 10.3. The van der Waals surface area contributed by atoms with E-state index < -0.39 is 17.7 Å². The van der Waals surface area contributed by atoms with E-state index in [2.05, 4.69) is 0 Å². The van der Waals surface area contributed by atoms with Crippen LogP contribution in [0.15, 0.2) is 54.6 Å². The van der Waals surface area contributed by atoms with E-state index in [1.54, 1.807) is 34.1 Å². The number of halogens is 3. The van der Waals surface area contributed by atoms with Crippen LogP contribution in [0.5, 0.6) is 0 Å². The summed E-state index contributed by atoms with van der Waals surface area (Å²) in [6, 6.07) is 13.5. The summed E-state index contributed by atoms with van der Waals surface area (Å²) in [5, 5.41) is 0. The van der Waals surface area contributed by atoms with E-state index in [9.17, 15) is 27.6 Å². The Kier molecular flexibility index (Phi) is 5.90. The Morgan fingerprint density at radius 1 is 0.875 bits per heavy atom. The molecule has 0 N–H and O–H groups in total. The van der Waals surface area contributed by atoms with Crippen molar-refractivity contribution in [2.75, 3.05) is 37.6 Å². The molecule has 32 heavy (non-hydrogen) atoms. The number of carbonyl (C=O) groups excluding carboxylic acids is 3. The number of nitrogens with zero attached hydrogens (tertiary/aromatic N) is 3. The minimum absolute atomic E-state index is 0.0434. The summed E-state index contributed by atoms with van der Waals surface area (Å²) < 4.78 is 39.0. The van der Waals surface area contributed by atoms with Crippen molar-refractivity contribution in [1.29, 1.82) is 0 Å². The molecule has 0 unspecified atom stereocenters. The largest absolute Gasteiger partial charge is 0.416 e. The number of hydrogen-bond donors (Lipinski definition) is 0. The summed E-state index contributed by atoms with van der Waals surface area (Å²) >= 11 is 0. The van der Waals surface area contributed by atoms with Gasteiger partial charge in [0.2, 0.25) is 11.8 Å². The quantitative estimate of drug-likeness (QED) is 0.730. The van der Waals surface area contributed by atoms with E-state index in [1.165, 1.54) is 17.0 Å². The Morgan fingerprint density at radius 3 is 2.19 bits per heavy atom. The lowest BCUT2D eigenvalue weighted by Crippen LogP contribution is -2.52. The molecule has 2 heterocycles. The number of carbonyl (C=O) groups is 3. The summed E-state index contributed by atoms with van der Waals surface area (Å²) in [6.07, 6.45) is -4.55. The van der Waals surface area contributed by atoms with E-state index in [0.29, 0.717) is 31.7 Å². The van der Waals surface area contributed by atoms with Crippen molar-refractivity contribution >= 4 is 23.4 Å². The first-order valence-electron chi connectivity index (χ1n) is 10.3. The molecule has 6 nitrogen and oxygen atoms in total. The van der Waals surface area contributed by atoms with Crippen molar-refractivity contribution in [3.05, 3.63) is 65.7 Å². The van der Waals surface area contributed by atoms with Crippen LogP contribution >= 0.6 is 0 Å². The Morgan fingerprint density at radius 2 is 1.53 bits per heavy atom. The predicted molar refractivity (Wildman–Crippen MR) is 111 cm³/mol. The third kappa shape index (κ3) is 4.46. The van der Waals surface area contributed by atoms with Crippen molar-refractivity contribution in [3.63, 3.8) is 0 Å². The molecule has 0 radical (unpaired) electrons. The highest BCUT2D eigenvalue weighted by atomic mass is 19.4. The van der Waals surface area contributed by atoms with E-state index in [0.717, 1.165) is 12.1 Å². The predicted octanol–water partition coefficient (Wildman–Crippen LogP) is 3.04. The second kappa shape index (κ2) is 8.64. The standard InChI is InChI=1S/C23H22F3N3O3/c24-23(25,26)18-7-4-8-19(14-18)29-15-17(13-20(29)30)22(32)28-11-9-27(10-12-28)21(31)16-5-2-1-3-6-16/h1-8,14,17H,9-13,15H2/t17-/m0/s1. The maximum atomic E-state index is 13.0. The topological polar surface area (TPSA) is 60.9 Å². The van der Waals surface area contributed by atoms with Gasteiger partial charge in [0, 0.05) is 50.4 Å². The van der Waals surface area contributed by atoms with Gasteiger partial charge in [-0.1, -0.05) is 24.3 Å². The van der Waals surface area contributed by atoms with E-state index in [-0.39, 0.29) is 36.4 Å². The van der Waals surface area contributed by atoms with Crippen LogP contribution < -0.4 is 4.90 Å². The summed E-state index contributed by atoms with van der Waals surface area (Å²) in [5.41, 5.74) is -0.111. The molecule has 0 spiro atoms. The van der Waals surface area contributed by atoms with Gasteiger partial charge in [0.15, 0.2) is 0 Å². The monoisotopic (exact) mass is 445 g/mol. The number of benzene rings is 2. The van der Waals surface area contributed by atoms with E-state index >= 15 is 0 Å². The Hall–Kier alpha value is -3.36. The van der Waals surface area contributed by atoms with Gasteiger partial charge in [-0.05, 0) is 30.3 Å². The molecule has 2 aliphatic rings. The molecule has 3 amide bonds. The van der Waals surface area contributed by atoms with Crippen molar-refractivity contribution in [2.45, 2.75) is 12.6 Å². The van der Waals surface area contributed by atoms with Gasteiger partial charge in [0.25, 0.3) is 5.91 Å². The van der Waals surface area contributed by atoms with Crippen molar-refractivity contribution in [2.24, 2.45) is 5.92 Å². The summed E-state index contributed by atoms with van der Waals surface area (Å²) in [6.45, 7) is 1.52. The smallest absolute Gasteiger partial charge is 0.339 e. The van der Waals surface area contributed by atoms with Gasteiger partial charge < -0.3 is 14.7 Å². The molecule has 2 aromatic carbocycles. The lowest BCUT2D eigenvalue weighted by Gasteiger charge is -2.36. The second-order valence-electron chi connectivity index (χ2n) is 7.94. The van der Waals surface area contributed by atoms with Crippen LogP contribution in [0.3, 0.4) is 0 Å². The van der Waals surface area contributed by atoms with Gasteiger partial charge in [-0.25, -0.2) is 0 Å². The maximum absolute atomic E-state index is 13.0. The van der Waals surface area contributed by atoms with Crippen LogP contribution in [0, 0.1) is 5.92 Å². The zero-order valence-corrected chi connectivity index (χ0v) is 17.2. The van der Waals surface area contributed by atoms with Gasteiger partial charge in [-0.15, -0.1) is 0 Å². The fourth-order valence-electron chi connectivity index (χ4n) is 4.12. The Bertz CT molecular complexity index is 1020. The number of anilines is 1. The lowest BCUT2D eigenvalue weighted by molar-refractivity contribution is -0.138. The zero-order chi connectivity index (χ0) is 22.9. The molecule has 0 aliphatic carbocycles. The van der Waals surface area contributed by atoms with Crippen molar-refractivity contribution in [3.8, 4) is 0 Å². The Labute approximate surface area is 183 Å². The van der Waals surface area contributed by atoms with Crippen LogP contribution in [-0.2, 0) is 15.8 Å². The number of piperazine rings is 1. The minimum atomic E-state index is -4.51. The fourth-order valence-corrected chi connectivity index (χ4v) is 4.12. The summed E-state index contributed by atoms with van der Waals surface area (Å²) in [7, 11) is 0. The average molecular weight is 445 g/mol. The highest BCUT2D eigenvalue weighted by Crippen LogP contribution is 2.33. The number of alkyl halides is 3. The minimum Gasteiger partial charge on any atom is -0.339 e. The number of amides is 3. The molecule has 168 valence electrons. The van der Waals surface area contributed by atoms with Crippen LogP contribution in [0.4, 0.5) is 18.9 Å². The molecule has 1 atom stereocenters. The second-order valence-corrected chi connectivity index (χ2v) is 7.94. The van der Waals surface area contributed by atoms with Crippen molar-refractivity contribution in [1.82, 2.24) is 9.80 Å². The first kappa shape index (κ1) is 21.9. The molecular weight excluding hydrogens is 423 g/mol. The molecule has 2 aromatic rings. The first-order chi connectivity index (χ1) is 15.2. The summed E-state index contributed by atoms with van der Waals surface area (Å²) in [5.74, 6) is -1.29. The molecule has 0 saturated carbocycles. The molecule has 2 aliphatic heterocycles. The normalized spacial score (nSPS) is 19.4. The molecule has 2 fully saturated rings. The van der Waals surface area contributed by atoms with Crippen LogP contribution in [0.1, 0.15) is 22.3 Å². The SMILES string of the molecule is O=C(c1ccccc1)N1CCN(C(=O)[C@H]2CC(=O)N(c3cccc(C(F)(F)F)c3)C2)CC1. The molecule has 4 rings (SSSR count). The van der Waals surface area contributed by atoms with Crippen LogP contribution in [0.2, 0.25) is 0 Å². The highest BCUT2D eigenvalue weighted by Gasteiger charge is 2.39. The van der Waals surface area contributed by atoms with Gasteiger partial charge in [0.05, 0.1) is 11.5 Å².